The molecule has 0 aliphatic carbocycles. The number of hydrogen-bond donors (Lipinski definition) is 1. The van der Waals surface area contributed by atoms with Crippen molar-refractivity contribution in [3.63, 3.8) is 0 Å². The van der Waals surface area contributed by atoms with Gasteiger partial charge in [-0.1, -0.05) is 13.8 Å². The molecule has 0 spiro atoms. The second-order valence-electron chi connectivity index (χ2n) is 1.97. The van der Waals surface area contributed by atoms with Crippen LogP contribution >= 0.6 is 0 Å². The van der Waals surface area contributed by atoms with Crippen molar-refractivity contribution in [2.24, 2.45) is 0 Å². The van der Waals surface area contributed by atoms with Crippen molar-refractivity contribution in [1.29, 1.82) is 0 Å². The molecule has 0 aromatic carbocycles. The number of carbonyl (C=O) groups is 1. The Balaban J connectivity index is 0. The zero-order valence-corrected chi connectivity index (χ0v) is 10.6. The molecule has 1 fully saturated rings. The summed E-state index contributed by atoms with van der Waals surface area (Å²) in [6.45, 7) is 6.36. The van der Waals surface area contributed by atoms with Crippen molar-refractivity contribution in [3.05, 3.63) is 5.73 Å². The number of hydrogen-bond acceptors (Lipinski definition) is 1. The average molecular weight is 247 g/mol. The van der Waals surface area contributed by atoms with Crippen LogP contribution in [-0.4, -0.2) is 37.1 Å². The molecule has 2 N–H and O–H groups in total. The van der Waals surface area contributed by atoms with Crippen LogP contribution in [0.15, 0.2) is 0 Å². The fourth-order valence-corrected chi connectivity index (χ4v) is 0.859. The normalized spacial score (nSPS) is 14.2. The van der Waals surface area contributed by atoms with Gasteiger partial charge >= 0.3 is 6.03 Å². The van der Waals surface area contributed by atoms with Crippen LogP contribution in [0.5, 0.6) is 0 Å². The molecule has 1 radical (unpaired) electrons. The molecule has 1 rings (SSSR count). The van der Waals surface area contributed by atoms with Gasteiger partial charge in [0.25, 0.3) is 0 Å². The Labute approximate surface area is 99.1 Å². The number of nitrogens with zero attached hydrogens (tertiary/aromatic N) is 1. The van der Waals surface area contributed by atoms with E-state index in [1.54, 1.807) is 4.90 Å². The van der Waals surface area contributed by atoms with Crippen LogP contribution in [0.3, 0.4) is 0 Å². The number of urea groups is 1. The maximum atomic E-state index is 10.7. The predicted molar refractivity (Wildman–Crippen MR) is 45.5 cm³/mol. The maximum Gasteiger partial charge on any atom is 0.317 e. The zero-order chi connectivity index (χ0) is 8.69. The van der Waals surface area contributed by atoms with Gasteiger partial charge in [0, 0.05) is 52.3 Å². The van der Waals surface area contributed by atoms with Crippen LogP contribution in [0.2, 0.25) is 0 Å². The van der Waals surface area contributed by atoms with E-state index in [9.17, 15) is 4.79 Å². The SMILES string of the molecule is CC.[NH-]CCN1CCNC1=O.[Y]. The van der Waals surface area contributed by atoms with Gasteiger partial charge in [-0.05, 0) is 0 Å². The van der Waals surface area contributed by atoms with Gasteiger partial charge in [-0.2, -0.15) is 0 Å². The Hall–Kier alpha value is 0.334. The van der Waals surface area contributed by atoms with Crippen LogP contribution in [0.4, 0.5) is 4.79 Å². The fourth-order valence-electron chi connectivity index (χ4n) is 0.859. The third-order valence-corrected chi connectivity index (χ3v) is 1.33. The summed E-state index contributed by atoms with van der Waals surface area (Å²) in [6, 6.07) is -0.0257. The summed E-state index contributed by atoms with van der Waals surface area (Å²) in [5.74, 6) is 0. The van der Waals surface area contributed by atoms with Gasteiger partial charge < -0.3 is 16.0 Å². The number of amides is 2. The van der Waals surface area contributed by atoms with Gasteiger partial charge in [0.05, 0.1) is 0 Å². The summed E-state index contributed by atoms with van der Waals surface area (Å²) >= 11 is 0. The van der Waals surface area contributed by atoms with E-state index in [0.717, 1.165) is 13.1 Å². The molecule has 12 heavy (non-hydrogen) atoms. The minimum absolute atomic E-state index is 0. The predicted octanol–water partition coefficient (Wildman–Crippen LogP) is 1.09. The first kappa shape index (κ1) is 14.8. The zero-order valence-electron chi connectivity index (χ0n) is 7.76. The van der Waals surface area contributed by atoms with E-state index in [-0.39, 0.29) is 38.7 Å². The van der Waals surface area contributed by atoms with Gasteiger partial charge in [-0.15, -0.1) is 6.54 Å². The smallest absolute Gasteiger partial charge is 0.317 e. The van der Waals surface area contributed by atoms with E-state index >= 15 is 0 Å². The summed E-state index contributed by atoms with van der Waals surface area (Å²) < 4.78 is 0. The van der Waals surface area contributed by atoms with Gasteiger partial charge in [0.1, 0.15) is 0 Å². The van der Waals surface area contributed by atoms with Gasteiger partial charge in [-0.25, -0.2) is 4.79 Å². The molecule has 1 heterocycles. The van der Waals surface area contributed by atoms with E-state index in [4.69, 9.17) is 5.73 Å². The van der Waals surface area contributed by atoms with E-state index in [0.29, 0.717) is 13.1 Å². The molecule has 0 atom stereocenters. The fraction of sp³-hybridized carbons (Fsp3) is 0.857. The number of carbonyl (C=O) groups excluding carboxylic acids is 1. The molecule has 1 saturated heterocycles. The van der Waals surface area contributed by atoms with Crippen LogP contribution in [-0.2, 0) is 32.7 Å². The van der Waals surface area contributed by atoms with Crippen molar-refractivity contribution in [2.75, 3.05) is 26.2 Å². The molecule has 0 aromatic rings. The van der Waals surface area contributed by atoms with Crippen molar-refractivity contribution < 1.29 is 37.5 Å². The molecule has 4 nitrogen and oxygen atoms in total. The largest absolute Gasteiger partial charge is 0.676 e. The Morgan fingerprint density at radius 1 is 1.58 bits per heavy atom. The summed E-state index contributed by atoms with van der Waals surface area (Å²) in [4.78, 5) is 12.3. The van der Waals surface area contributed by atoms with Crippen LogP contribution in [0, 0.1) is 0 Å². The van der Waals surface area contributed by atoms with Gasteiger partial charge in [0.15, 0.2) is 0 Å². The van der Waals surface area contributed by atoms with Gasteiger partial charge in [0.2, 0.25) is 0 Å². The van der Waals surface area contributed by atoms with Crippen LogP contribution in [0.25, 0.3) is 5.73 Å². The summed E-state index contributed by atoms with van der Waals surface area (Å²) in [6.07, 6.45) is 0. The molecule has 0 saturated carbocycles. The van der Waals surface area contributed by atoms with E-state index in [1.807, 2.05) is 13.8 Å². The van der Waals surface area contributed by atoms with E-state index < -0.39 is 0 Å². The average Bonchev–Trinajstić information content (AvgIpc) is 2.42. The van der Waals surface area contributed by atoms with Crippen molar-refractivity contribution >= 4 is 6.03 Å². The third kappa shape index (κ3) is 5.06. The molecule has 2 amide bonds. The monoisotopic (exact) mass is 247 g/mol. The molecule has 0 aromatic heterocycles. The third-order valence-electron chi connectivity index (χ3n) is 1.33. The molecule has 0 unspecified atom stereocenters. The van der Waals surface area contributed by atoms with Crippen molar-refractivity contribution in [3.8, 4) is 0 Å². The molecule has 5 heteroatoms. The summed E-state index contributed by atoms with van der Waals surface area (Å²) in [7, 11) is 0. The molecule has 1 aliphatic rings. The molecule has 0 bridgehead atoms. The minimum atomic E-state index is -0.0257. The molecular weight excluding hydrogens is 231 g/mol. The second-order valence-corrected chi connectivity index (χ2v) is 1.97. The standard InChI is InChI=1S/C5H10N3O.C2H6.Y/c6-1-3-8-4-2-7-5(8)9;1-2;/h6H,1-4H2,(H,7,9);1-2H3;/q-1;;. The topological polar surface area (TPSA) is 56.1 Å². The summed E-state index contributed by atoms with van der Waals surface area (Å²) in [5, 5.41) is 2.66. The first-order valence-electron chi connectivity index (χ1n) is 4.02. The number of nitrogens with one attached hydrogen (secondary N) is 2. The quantitative estimate of drug-likeness (QED) is 0.780. The minimum Gasteiger partial charge on any atom is -0.676 e. The molecule has 69 valence electrons. The molecule has 1 aliphatic heterocycles. The Bertz CT molecular complexity index is 121. The molecular formula is C7H16N3OY-. The summed E-state index contributed by atoms with van der Waals surface area (Å²) in [5.41, 5.74) is 6.84. The van der Waals surface area contributed by atoms with E-state index in [2.05, 4.69) is 5.32 Å². The Kier molecular flexibility index (Phi) is 11.6. The van der Waals surface area contributed by atoms with Gasteiger partial charge in [-0.3, -0.25) is 0 Å². The van der Waals surface area contributed by atoms with Crippen LogP contribution in [0.1, 0.15) is 13.8 Å². The van der Waals surface area contributed by atoms with E-state index in [1.165, 1.54) is 0 Å². The number of rotatable bonds is 2. The van der Waals surface area contributed by atoms with Crippen LogP contribution < -0.4 is 5.32 Å². The Morgan fingerprint density at radius 2 is 2.17 bits per heavy atom. The first-order valence-corrected chi connectivity index (χ1v) is 4.02. The van der Waals surface area contributed by atoms with Crippen molar-refractivity contribution in [2.45, 2.75) is 13.8 Å². The Morgan fingerprint density at radius 3 is 2.50 bits per heavy atom. The maximum absolute atomic E-state index is 10.7. The second kappa shape index (κ2) is 9.42. The first-order chi connectivity index (χ1) is 5.34. The van der Waals surface area contributed by atoms with Crippen molar-refractivity contribution in [1.82, 2.24) is 10.2 Å².